The molecule has 0 heterocycles. The third kappa shape index (κ3) is 5.03. The SMILES string of the molecule is COC(CC(C)(CN)N(C)CC1CCCCC1)OC. The predicted octanol–water partition coefficient (Wildman–Crippen LogP) is 2.22. The van der Waals surface area contributed by atoms with Crippen LogP contribution in [-0.2, 0) is 9.47 Å². The molecule has 1 saturated carbocycles. The monoisotopic (exact) mass is 272 g/mol. The van der Waals surface area contributed by atoms with Gasteiger partial charge in [0.1, 0.15) is 0 Å². The smallest absolute Gasteiger partial charge is 0.158 e. The maximum atomic E-state index is 6.02. The molecule has 1 fully saturated rings. The van der Waals surface area contributed by atoms with Crippen LogP contribution in [0, 0.1) is 5.92 Å². The van der Waals surface area contributed by atoms with Gasteiger partial charge in [-0.1, -0.05) is 19.3 Å². The van der Waals surface area contributed by atoms with E-state index in [2.05, 4.69) is 18.9 Å². The van der Waals surface area contributed by atoms with Crippen LogP contribution < -0.4 is 5.73 Å². The fourth-order valence-electron chi connectivity index (χ4n) is 2.99. The second kappa shape index (κ2) is 8.20. The van der Waals surface area contributed by atoms with Crippen molar-refractivity contribution in [2.24, 2.45) is 11.7 Å². The van der Waals surface area contributed by atoms with Gasteiger partial charge in [0.05, 0.1) is 0 Å². The van der Waals surface area contributed by atoms with Crippen LogP contribution in [0.4, 0.5) is 0 Å². The third-order valence-electron chi connectivity index (χ3n) is 4.75. The van der Waals surface area contributed by atoms with E-state index in [1.54, 1.807) is 14.2 Å². The zero-order valence-electron chi connectivity index (χ0n) is 13.2. The first-order valence-corrected chi connectivity index (χ1v) is 7.52. The molecule has 0 radical (unpaired) electrons. The molecule has 0 aromatic heterocycles. The first-order valence-electron chi connectivity index (χ1n) is 7.52. The van der Waals surface area contributed by atoms with Gasteiger partial charge in [0.15, 0.2) is 6.29 Å². The summed E-state index contributed by atoms with van der Waals surface area (Å²) >= 11 is 0. The highest BCUT2D eigenvalue weighted by Gasteiger charge is 2.32. The lowest BCUT2D eigenvalue weighted by Gasteiger charge is -2.42. The van der Waals surface area contributed by atoms with Crippen molar-refractivity contribution < 1.29 is 9.47 Å². The summed E-state index contributed by atoms with van der Waals surface area (Å²) in [6.07, 6.45) is 7.53. The van der Waals surface area contributed by atoms with E-state index < -0.39 is 0 Å². The summed E-state index contributed by atoms with van der Waals surface area (Å²) in [4.78, 5) is 2.41. The summed E-state index contributed by atoms with van der Waals surface area (Å²) in [6.45, 7) is 3.97. The Morgan fingerprint density at radius 2 is 1.79 bits per heavy atom. The highest BCUT2D eigenvalue weighted by Crippen LogP contribution is 2.28. The van der Waals surface area contributed by atoms with E-state index in [1.807, 2.05) is 0 Å². The molecule has 0 aromatic rings. The maximum Gasteiger partial charge on any atom is 0.158 e. The van der Waals surface area contributed by atoms with E-state index in [9.17, 15) is 0 Å². The minimum absolute atomic E-state index is 0.0614. The van der Waals surface area contributed by atoms with Gasteiger partial charge in [0, 0.05) is 39.3 Å². The van der Waals surface area contributed by atoms with E-state index in [1.165, 1.54) is 32.1 Å². The zero-order valence-corrected chi connectivity index (χ0v) is 13.2. The molecule has 1 rings (SSSR count). The van der Waals surface area contributed by atoms with Gasteiger partial charge in [0.25, 0.3) is 0 Å². The van der Waals surface area contributed by atoms with Crippen LogP contribution in [-0.4, -0.2) is 51.1 Å². The lowest BCUT2D eigenvalue weighted by Crippen LogP contribution is -2.53. The van der Waals surface area contributed by atoms with Gasteiger partial charge in [-0.15, -0.1) is 0 Å². The molecular formula is C15H32N2O2. The van der Waals surface area contributed by atoms with Crippen molar-refractivity contribution in [1.82, 2.24) is 4.90 Å². The summed E-state index contributed by atoms with van der Waals surface area (Å²) in [5.74, 6) is 0.827. The first kappa shape index (κ1) is 16.9. The van der Waals surface area contributed by atoms with Gasteiger partial charge in [-0.05, 0) is 32.7 Å². The summed E-state index contributed by atoms with van der Waals surface area (Å²) in [5.41, 5.74) is 5.96. The van der Waals surface area contributed by atoms with E-state index in [4.69, 9.17) is 15.2 Å². The Balaban J connectivity index is 2.54. The van der Waals surface area contributed by atoms with Crippen LogP contribution in [0.15, 0.2) is 0 Å². The van der Waals surface area contributed by atoms with Crippen LogP contribution in [0.3, 0.4) is 0 Å². The number of nitrogens with zero attached hydrogens (tertiary/aromatic N) is 1. The van der Waals surface area contributed by atoms with Gasteiger partial charge >= 0.3 is 0 Å². The van der Waals surface area contributed by atoms with Gasteiger partial charge < -0.3 is 15.2 Å². The quantitative estimate of drug-likeness (QED) is 0.688. The minimum atomic E-state index is -0.178. The lowest BCUT2D eigenvalue weighted by atomic mass is 9.87. The molecule has 4 heteroatoms. The molecule has 1 unspecified atom stereocenters. The molecule has 0 aromatic carbocycles. The average Bonchev–Trinajstić information content (AvgIpc) is 2.45. The number of rotatable bonds is 8. The van der Waals surface area contributed by atoms with Crippen molar-refractivity contribution >= 4 is 0 Å². The number of methoxy groups -OCH3 is 2. The molecule has 0 aliphatic heterocycles. The Hall–Kier alpha value is -0.160. The van der Waals surface area contributed by atoms with E-state index in [0.717, 1.165) is 18.9 Å². The number of ether oxygens (including phenoxy) is 2. The maximum absolute atomic E-state index is 6.02. The summed E-state index contributed by atoms with van der Waals surface area (Å²) in [6, 6.07) is 0. The highest BCUT2D eigenvalue weighted by molar-refractivity contribution is 4.88. The van der Waals surface area contributed by atoms with Crippen LogP contribution in [0.1, 0.15) is 45.4 Å². The summed E-state index contributed by atoms with van der Waals surface area (Å²) < 4.78 is 10.7. The fraction of sp³-hybridized carbons (Fsp3) is 1.00. The van der Waals surface area contributed by atoms with Gasteiger partial charge in [0.2, 0.25) is 0 Å². The molecular weight excluding hydrogens is 240 g/mol. The van der Waals surface area contributed by atoms with Crippen molar-refractivity contribution in [3.05, 3.63) is 0 Å². The Bertz CT molecular complexity index is 240. The summed E-state index contributed by atoms with van der Waals surface area (Å²) in [5, 5.41) is 0. The Morgan fingerprint density at radius 3 is 2.26 bits per heavy atom. The minimum Gasteiger partial charge on any atom is -0.356 e. The molecule has 1 aliphatic carbocycles. The zero-order chi connectivity index (χ0) is 14.3. The van der Waals surface area contributed by atoms with E-state index >= 15 is 0 Å². The van der Waals surface area contributed by atoms with E-state index in [0.29, 0.717) is 6.54 Å². The highest BCUT2D eigenvalue weighted by atomic mass is 16.7. The predicted molar refractivity (Wildman–Crippen MR) is 79.1 cm³/mol. The second-order valence-electron chi connectivity index (χ2n) is 6.19. The molecule has 114 valence electrons. The Kier molecular flexibility index (Phi) is 7.29. The topological polar surface area (TPSA) is 47.7 Å². The number of hydrogen-bond acceptors (Lipinski definition) is 4. The average molecular weight is 272 g/mol. The van der Waals surface area contributed by atoms with Crippen molar-refractivity contribution in [3.63, 3.8) is 0 Å². The molecule has 0 spiro atoms. The normalized spacial score (nSPS) is 21.0. The van der Waals surface area contributed by atoms with E-state index in [-0.39, 0.29) is 11.8 Å². The number of likely N-dealkylation sites (N-methyl/N-ethyl adjacent to an activating group) is 1. The van der Waals surface area contributed by atoms with Crippen LogP contribution in [0.25, 0.3) is 0 Å². The molecule has 2 N–H and O–H groups in total. The van der Waals surface area contributed by atoms with Gasteiger partial charge in [-0.3, -0.25) is 4.90 Å². The Morgan fingerprint density at radius 1 is 1.21 bits per heavy atom. The van der Waals surface area contributed by atoms with Crippen LogP contribution in [0.5, 0.6) is 0 Å². The van der Waals surface area contributed by atoms with Crippen LogP contribution in [0.2, 0.25) is 0 Å². The molecule has 0 saturated heterocycles. The van der Waals surface area contributed by atoms with Crippen molar-refractivity contribution in [2.45, 2.75) is 57.3 Å². The number of hydrogen-bond donors (Lipinski definition) is 1. The van der Waals surface area contributed by atoms with Gasteiger partial charge in [-0.25, -0.2) is 0 Å². The van der Waals surface area contributed by atoms with Gasteiger partial charge in [-0.2, -0.15) is 0 Å². The molecule has 4 nitrogen and oxygen atoms in total. The largest absolute Gasteiger partial charge is 0.356 e. The fourth-order valence-corrected chi connectivity index (χ4v) is 2.99. The van der Waals surface area contributed by atoms with Crippen LogP contribution >= 0.6 is 0 Å². The molecule has 19 heavy (non-hydrogen) atoms. The van der Waals surface area contributed by atoms with Crippen molar-refractivity contribution in [2.75, 3.05) is 34.4 Å². The number of nitrogens with two attached hydrogens (primary N) is 1. The van der Waals surface area contributed by atoms with Crippen molar-refractivity contribution in [3.8, 4) is 0 Å². The summed E-state index contributed by atoms with van der Waals surface area (Å²) in [7, 11) is 5.56. The molecule has 0 amide bonds. The first-order chi connectivity index (χ1) is 9.05. The van der Waals surface area contributed by atoms with Crippen molar-refractivity contribution in [1.29, 1.82) is 0 Å². The second-order valence-corrected chi connectivity index (χ2v) is 6.19. The molecule has 1 atom stereocenters. The Labute approximate surface area is 118 Å². The third-order valence-corrected chi connectivity index (χ3v) is 4.75. The standard InChI is InChI=1S/C15H32N2O2/c1-15(12-16,10-14(18-3)19-4)17(2)11-13-8-6-5-7-9-13/h13-14H,5-12,16H2,1-4H3. The molecule has 1 aliphatic rings. The molecule has 0 bridgehead atoms. The lowest BCUT2D eigenvalue weighted by molar-refractivity contribution is -0.127.